The van der Waals surface area contributed by atoms with Gasteiger partial charge >= 0.3 is 0 Å². The zero-order valence-electron chi connectivity index (χ0n) is 9.88. The smallest absolute Gasteiger partial charge is 0.254 e. The molecule has 96 valence electrons. The van der Waals surface area contributed by atoms with Crippen LogP contribution in [-0.2, 0) is 6.54 Å². The third-order valence-corrected chi connectivity index (χ3v) is 4.34. The van der Waals surface area contributed by atoms with Crippen LogP contribution in [0.2, 0.25) is 0 Å². The predicted molar refractivity (Wildman–Crippen MR) is 69.9 cm³/mol. The van der Waals surface area contributed by atoms with Gasteiger partial charge in [-0.3, -0.25) is 4.79 Å². The molecule has 1 N–H and O–H groups in total. The zero-order chi connectivity index (χ0) is 12.7. The number of carbonyl (C=O) groups is 1. The molecular formula is C13H14BrFN2O. The largest absolute Gasteiger partial charge is 0.330 e. The normalized spacial score (nSPS) is 23.3. The Morgan fingerprint density at radius 1 is 1.44 bits per heavy atom. The van der Waals surface area contributed by atoms with Crippen molar-refractivity contribution in [2.75, 3.05) is 13.1 Å². The maximum absolute atomic E-state index is 14.0. The van der Waals surface area contributed by atoms with E-state index in [0.717, 1.165) is 25.9 Å². The molecule has 1 aromatic carbocycles. The predicted octanol–water partition coefficient (Wildman–Crippen LogP) is 2.30. The van der Waals surface area contributed by atoms with Crippen molar-refractivity contribution >= 4 is 21.8 Å². The first kappa shape index (κ1) is 12.1. The van der Waals surface area contributed by atoms with Crippen molar-refractivity contribution in [3.8, 4) is 0 Å². The minimum Gasteiger partial charge on any atom is -0.330 e. The fourth-order valence-electron chi connectivity index (χ4n) is 2.74. The molecule has 1 aromatic rings. The lowest BCUT2D eigenvalue weighted by molar-refractivity contribution is 0.0674. The first-order valence-corrected chi connectivity index (χ1v) is 6.96. The minimum absolute atomic E-state index is 0.0369. The van der Waals surface area contributed by atoms with Crippen molar-refractivity contribution in [1.82, 2.24) is 10.2 Å². The van der Waals surface area contributed by atoms with E-state index in [0.29, 0.717) is 22.1 Å². The summed E-state index contributed by atoms with van der Waals surface area (Å²) in [6.07, 6.45) is 2.06. The van der Waals surface area contributed by atoms with Gasteiger partial charge in [0.2, 0.25) is 0 Å². The molecule has 1 atom stereocenters. The van der Waals surface area contributed by atoms with Gasteiger partial charge in [-0.1, -0.05) is 0 Å². The molecule has 2 heterocycles. The number of rotatable bonds is 1. The maximum atomic E-state index is 14.0. The summed E-state index contributed by atoms with van der Waals surface area (Å²) < 4.78 is 14.4. The Labute approximate surface area is 113 Å². The van der Waals surface area contributed by atoms with Crippen LogP contribution < -0.4 is 5.32 Å². The van der Waals surface area contributed by atoms with Crippen molar-refractivity contribution in [1.29, 1.82) is 0 Å². The van der Waals surface area contributed by atoms with Crippen molar-refractivity contribution in [2.24, 2.45) is 0 Å². The number of halogens is 2. The van der Waals surface area contributed by atoms with Crippen LogP contribution in [0.5, 0.6) is 0 Å². The number of carbonyl (C=O) groups excluding carboxylic acids is 1. The van der Waals surface area contributed by atoms with Crippen molar-refractivity contribution < 1.29 is 9.18 Å². The Hall–Kier alpha value is -0.940. The molecule has 18 heavy (non-hydrogen) atoms. The second-order valence-electron chi connectivity index (χ2n) is 4.82. The van der Waals surface area contributed by atoms with Gasteiger partial charge in [-0.05, 0) is 47.4 Å². The summed E-state index contributed by atoms with van der Waals surface area (Å²) in [5.74, 6) is -0.336. The number of amides is 1. The van der Waals surface area contributed by atoms with Gasteiger partial charge in [0.15, 0.2) is 0 Å². The number of hydrogen-bond donors (Lipinski definition) is 1. The quantitative estimate of drug-likeness (QED) is 0.863. The summed E-state index contributed by atoms with van der Waals surface area (Å²) in [6, 6.07) is 3.51. The van der Waals surface area contributed by atoms with Gasteiger partial charge in [-0.2, -0.15) is 0 Å². The summed E-state index contributed by atoms with van der Waals surface area (Å²) in [5, 5.41) is 3.29. The number of benzene rings is 1. The summed E-state index contributed by atoms with van der Waals surface area (Å²) in [4.78, 5) is 14.1. The van der Waals surface area contributed by atoms with E-state index in [4.69, 9.17) is 0 Å². The molecule has 0 aromatic heterocycles. The van der Waals surface area contributed by atoms with E-state index < -0.39 is 0 Å². The number of nitrogens with zero attached hydrogens (tertiary/aromatic N) is 1. The van der Waals surface area contributed by atoms with Gasteiger partial charge in [0.25, 0.3) is 5.91 Å². The number of fused-ring (bicyclic) bond motifs is 1. The number of hydrogen-bond acceptors (Lipinski definition) is 2. The van der Waals surface area contributed by atoms with Gasteiger partial charge in [0, 0.05) is 23.7 Å². The van der Waals surface area contributed by atoms with Crippen LogP contribution in [0.1, 0.15) is 28.8 Å². The second-order valence-corrected chi connectivity index (χ2v) is 5.68. The third kappa shape index (κ3) is 1.86. The summed E-state index contributed by atoms with van der Waals surface area (Å²) in [5.41, 5.74) is 1.04. The lowest BCUT2D eigenvalue weighted by Gasteiger charge is -2.31. The first-order valence-electron chi connectivity index (χ1n) is 6.17. The van der Waals surface area contributed by atoms with Gasteiger partial charge < -0.3 is 10.2 Å². The van der Waals surface area contributed by atoms with E-state index in [1.807, 2.05) is 0 Å². The molecule has 0 bridgehead atoms. The van der Waals surface area contributed by atoms with Crippen LogP contribution in [0.25, 0.3) is 0 Å². The van der Waals surface area contributed by atoms with E-state index >= 15 is 0 Å². The Morgan fingerprint density at radius 2 is 2.28 bits per heavy atom. The Kier molecular flexibility index (Phi) is 3.11. The highest BCUT2D eigenvalue weighted by molar-refractivity contribution is 9.10. The molecule has 0 spiro atoms. The van der Waals surface area contributed by atoms with Crippen LogP contribution in [0.4, 0.5) is 4.39 Å². The molecule has 1 fully saturated rings. The van der Waals surface area contributed by atoms with E-state index in [-0.39, 0.29) is 17.8 Å². The standard InChI is InChI=1S/C13H14BrFN2O/c14-11-4-3-9-10(12(11)15)7-17(13(9)18)8-2-1-5-16-6-8/h3-4,8,16H,1-2,5-7H2. The van der Waals surface area contributed by atoms with Crippen LogP contribution in [-0.4, -0.2) is 29.9 Å². The molecule has 0 radical (unpaired) electrons. The van der Waals surface area contributed by atoms with E-state index in [1.165, 1.54) is 0 Å². The monoisotopic (exact) mass is 312 g/mol. The molecule has 0 saturated carbocycles. The number of nitrogens with one attached hydrogen (secondary N) is 1. The molecule has 1 amide bonds. The molecule has 3 rings (SSSR count). The zero-order valence-corrected chi connectivity index (χ0v) is 11.5. The third-order valence-electron chi connectivity index (χ3n) is 3.73. The molecule has 5 heteroatoms. The first-order chi connectivity index (χ1) is 8.68. The van der Waals surface area contributed by atoms with Gasteiger partial charge in [-0.15, -0.1) is 0 Å². The van der Waals surface area contributed by atoms with Crippen molar-refractivity contribution in [2.45, 2.75) is 25.4 Å². The van der Waals surface area contributed by atoms with Crippen molar-refractivity contribution in [3.63, 3.8) is 0 Å². The fraction of sp³-hybridized carbons (Fsp3) is 0.462. The molecule has 2 aliphatic rings. The van der Waals surface area contributed by atoms with Gasteiger partial charge in [0.1, 0.15) is 5.82 Å². The Balaban J connectivity index is 1.91. The molecule has 0 aliphatic carbocycles. The average molecular weight is 313 g/mol. The van der Waals surface area contributed by atoms with Gasteiger partial charge in [0.05, 0.1) is 11.0 Å². The van der Waals surface area contributed by atoms with Crippen molar-refractivity contribution in [3.05, 3.63) is 33.5 Å². The minimum atomic E-state index is -0.299. The van der Waals surface area contributed by atoms with Crippen LogP contribution in [0, 0.1) is 5.82 Å². The summed E-state index contributed by atoms with van der Waals surface area (Å²) in [7, 11) is 0. The van der Waals surface area contributed by atoms with Crippen LogP contribution in [0.3, 0.4) is 0 Å². The molecular weight excluding hydrogens is 299 g/mol. The van der Waals surface area contributed by atoms with Crippen LogP contribution in [0.15, 0.2) is 16.6 Å². The van der Waals surface area contributed by atoms with E-state index in [2.05, 4.69) is 21.2 Å². The molecule has 1 unspecified atom stereocenters. The topological polar surface area (TPSA) is 32.3 Å². The lowest BCUT2D eigenvalue weighted by atomic mass is 10.1. The molecule has 1 saturated heterocycles. The lowest BCUT2D eigenvalue weighted by Crippen LogP contribution is -2.46. The Morgan fingerprint density at radius 3 is 3.00 bits per heavy atom. The average Bonchev–Trinajstić information content (AvgIpc) is 2.73. The second kappa shape index (κ2) is 4.63. The number of piperidine rings is 1. The Bertz CT molecular complexity index is 500. The molecule has 2 aliphatic heterocycles. The summed E-state index contributed by atoms with van der Waals surface area (Å²) >= 11 is 3.17. The highest BCUT2D eigenvalue weighted by Gasteiger charge is 2.35. The SMILES string of the molecule is O=C1c2ccc(Br)c(F)c2CN1C1CCCNC1. The van der Waals surface area contributed by atoms with E-state index in [1.54, 1.807) is 17.0 Å². The van der Waals surface area contributed by atoms with E-state index in [9.17, 15) is 9.18 Å². The van der Waals surface area contributed by atoms with Gasteiger partial charge in [-0.25, -0.2) is 4.39 Å². The fourth-order valence-corrected chi connectivity index (χ4v) is 3.11. The highest BCUT2D eigenvalue weighted by Crippen LogP contribution is 2.31. The highest BCUT2D eigenvalue weighted by atomic mass is 79.9. The van der Waals surface area contributed by atoms with Crippen LogP contribution >= 0.6 is 15.9 Å². The maximum Gasteiger partial charge on any atom is 0.254 e. The molecule has 3 nitrogen and oxygen atoms in total. The summed E-state index contributed by atoms with van der Waals surface area (Å²) in [6.45, 7) is 2.21.